The number of nitrogens with zero attached hydrogens (tertiary/aromatic N) is 3. The SMILES string of the molecule is CCn1ncnc1CNC(C)CCc1ccco1. The van der Waals surface area contributed by atoms with Crippen molar-refractivity contribution in [2.45, 2.75) is 45.8 Å². The van der Waals surface area contributed by atoms with E-state index in [4.69, 9.17) is 4.42 Å². The zero-order chi connectivity index (χ0) is 12.8. The molecule has 2 rings (SSSR count). The number of furan rings is 1. The summed E-state index contributed by atoms with van der Waals surface area (Å²) in [6.07, 6.45) is 5.33. The molecule has 0 aliphatic heterocycles. The van der Waals surface area contributed by atoms with E-state index in [0.717, 1.165) is 37.5 Å². The van der Waals surface area contributed by atoms with E-state index < -0.39 is 0 Å². The third kappa shape index (κ3) is 3.43. The van der Waals surface area contributed by atoms with Crippen molar-refractivity contribution in [3.63, 3.8) is 0 Å². The predicted molar refractivity (Wildman–Crippen MR) is 69.0 cm³/mol. The molecule has 0 aliphatic carbocycles. The molecule has 0 aromatic carbocycles. The molecule has 18 heavy (non-hydrogen) atoms. The van der Waals surface area contributed by atoms with Gasteiger partial charge in [0.05, 0.1) is 12.8 Å². The summed E-state index contributed by atoms with van der Waals surface area (Å²) < 4.78 is 7.23. The molecule has 2 aromatic heterocycles. The molecule has 0 saturated heterocycles. The van der Waals surface area contributed by atoms with Gasteiger partial charge in [0.2, 0.25) is 0 Å². The standard InChI is InChI=1S/C13H20N4O/c1-3-17-13(15-10-16-17)9-14-11(2)6-7-12-5-4-8-18-12/h4-5,8,10-11,14H,3,6-7,9H2,1-2H3. The van der Waals surface area contributed by atoms with E-state index in [9.17, 15) is 0 Å². The summed E-state index contributed by atoms with van der Waals surface area (Å²) in [7, 11) is 0. The van der Waals surface area contributed by atoms with Gasteiger partial charge in [0.25, 0.3) is 0 Å². The fraction of sp³-hybridized carbons (Fsp3) is 0.538. The van der Waals surface area contributed by atoms with E-state index in [-0.39, 0.29) is 0 Å². The average molecular weight is 248 g/mol. The summed E-state index contributed by atoms with van der Waals surface area (Å²) in [5, 5.41) is 7.61. The highest BCUT2D eigenvalue weighted by atomic mass is 16.3. The number of aryl methyl sites for hydroxylation is 2. The van der Waals surface area contributed by atoms with Gasteiger partial charge in [-0.3, -0.25) is 0 Å². The van der Waals surface area contributed by atoms with Crippen molar-refractivity contribution in [1.29, 1.82) is 0 Å². The van der Waals surface area contributed by atoms with Crippen LogP contribution < -0.4 is 5.32 Å². The number of hydrogen-bond donors (Lipinski definition) is 1. The number of nitrogens with one attached hydrogen (secondary N) is 1. The molecule has 0 bridgehead atoms. The van der Waals surface area contributed by atoms with Crippen molar-refractivity contribution >= 4 is 0 Å². The van der Waals surface area contributed by atoms with Gasteiger partial charge >= 0.3 is 0 Å². The van der Waals surface area contributed by atoms with Gasteiger partial charge in [-0.1, -0.05) is 0 Å². The molecule has 0 aliphatic rings. The van der Waals surface area contributed by atoms with Gasteiger partial charge < -0.3 is 9.73 Å². The lowest BCUT2D eigenvalue weighted by molar-refractivity contribution is 0.450. The van der Waals surface area contributed by atoms with Gasteiger partial charge in [0.1, 0.15) is 17.9 Å². The van der Waals surface area contributed by atoms with E-state index in [2.05, 4.69) is 29.2 Å². The lowest BCUT2D eigenvalue weighted by Gasteiger charge is -2.12. The van der Waals surface area contributed by atoms with E-state index in [0.29, 0.717) is 6.04 Å². The largest absolute Gasteiger partial charge is 0.469 e. The Bertz CT molecular complexity index is 449. The molecule has 0 spiro atoms. The molecule has 0 amide bonds. The smallest absolute Gasteiger partial charge is 0.140 e. The van der Waals surface area contributed by atoms with Crippen LogP contribution in [-0.2, 0) is 19.5 Å². The molecule has 1 N–H and O–H groups in total. The van der Waals surface area contributed by atoms with Crippen LogP contribution in [0.25, 0.3) is 0 Å². The third-order valence-corrected chi connectivity index (χ3v) is 3.01. The Morgan fingerprint density at radius 3 is 3.11 bits per heavy atom. The minimum absolute atomic E-state index is 0.428. The third-order valence-electron chi connectivity index (χ3n) is 3.01. The Morgan fingerprint density at radius 2 is 2.39 bits per heavy atom. The topological polar surface area (TPSA) is 55.9 Å². The van der Waals surface area contributed by atoms with Crippen molar-refractivity contribution < 1.29 is 4.42 Å². The Morgan fingerprint density at radius 1 is 1.50 bits per heavy atom. The van der Waals surface area contributed by atoms with Gasteiger partial charge in [-0.2, -0.15) is 5.10 Å². The minimum atomic E-state index is 0.428. The van der Waals surface area contributed by atoms with Crippen molar-refractivity contribution in [2.75, 3.05) is 0 Å². The van der Waals surface area contributed by atoms with Gasteiger partial charge in [-0.05, 0) is 32.4 Å². The van der Waals surface area contributed by atoms with Crippen molar-refractivity contribution in [3.05, 3.63) is 36.3 Å². The molecule has 0 radical (unpaired) electrons. The summed E-state index contributed by atoms with van der Waals surface area (Å²) >= 11 is 0. The van der Waals surface area contributed by atoms with E-state index in [1.807, 2.05) is 16.8 Å². The van der Waals surface area contributed by atoms with Crippen molar-refractivity contribution in [3.8, 4) is 0 Å². The fourth-order valence-corrected chi connectivity index (χ4v) is 1.87. The lowest BCUT2D eigenvalue weighted by atomic mass is 10.1. The van der Waals surface area contributed by atoms with Crippen molar-refractivity contribution in [1.82, 2.24) is 20.1 Å². The molecular formula is C13H20N4O. The summed E-state index contributed by atoms with van der Waals surface area (Å²) in [6, 6.07) is 4.37. The second-order valence-electron chi connectivity index (χ2n) is 4.39. The molecule has 0 fully saturated rings. The predicted octanol–water partition coefficient (Wildman–Crippen LogP) is 2.00. The van der Waals surface area contributed by atoms with E-state index >= 15 is 0 Å². The average Bonchev–Trinajstić information content (AvgIpc) is 3.04. The van der Waals surface area contributed by atoms with Crippen LogP contribution in [0.1, 0.15) is 31.9 Å². The zero-order valence-electron chi connectivity index (χ0n) is 11.0. The van der Waals surface area contributed by atoms with Crippen LogP contribution in [0.5, 0.6) is 0 Å². The van der Waals surface area contributed by atoms with Crippen LogP contribution in [0.3, 0.4) is 0 Å². The van der Waals surface area contributed by atoms with Gasteiger partial charge in [-0.15, -0.1) is 0 Å². The minimum Gasteiger partial charge on any atom is -0.469 e. The van der Waals surface area contributed by atoms with Gasteiger partial charge in [0, 0.05) is 19.0 Å². The number of hydrogen-bond acceptors (Lipinski definition) is 4. The fourth-order valence-electron chi connectivity index (χ4n) is 1.87. The Labute approximate surface area is 107 Å². The van der Waals surface area contributed by atoms with Gasteiger partial charge in [0.15, 0.2) is 0 Å². The van der Waals surface area contributed by atoms with Crippen LogP contribution in [0.2, 0.25) is 0 Å². The maximum Gasteiger partial charge on any atom is 0.140 e. The highest BCUT2D eigenvalue weighted by Gasteiger charge is 2.06. The molecular weight excluding hydrogens is 228 g/mol. The van der Waals surface area contributed by atoms with Gasteiger partial charge in [-0.25, -0.2) is 9.67 Å². The summed E-state index contributed by atoms with van der Waals surface area (Å²) in [5.74, 6) is 2.03. The van der Waals surface area contributed by atoms with Crippen LogP contribution in [0.4, 0.5) is 0 Å². The second kappa shape index (κ2) is 6.35. The summed E-state index contributed by atoms with van der Waals surface area (Å²) in [5.41, 5.74) is 0. The first kappa shape index (κ1) is 12.8. The molecule has 5 nitrogen and oxygen atoms in total. The summed E-state index contributed by atoms with van der Waals surface area (Å²) in [6.45, 7) is 5.86. The lowest BCUT2D eigenvalue weighted by Crippen LogP contribution is -2.27. The maximum atomic E-state index is 5.32. The highest BCUT2D eigenvalue weighted by molar-refractivity contribution is 4.98. The van der Waals surface area contributed by atoms with Crippen LogP contribution in [0, 0.1) is 0 Å². The first-order chi connectivity index (χ1) is 8.79. The second-order valence-corrected chi connectivity index (χ2v) is 4.39. The quantitative estimate of drug-likeness (QED) is 0.814. The number of aromatic nitrogens is 3. The van der Waals surface area contributed by atoms with Crippen LogP contribution >= 0.6 is 0 Å². The van der Waals surface area contributed by atoms with Crippen LogP contribution in [-0.4, -0.2) is 20.8 Å². The first-order valence-corrected chi connectivity index (χ1v) is 6.42. The molecule has 0 saturated carbocycles. The molecule has 1 unspecified atom stereocenters. The maximum absolute atomic E-state index is 5.32. The highest BCUT2D eigenvalue weighted by Crippen LogP contribution is 2.06. The Kier molecular flexibility index (Phi) is 4.52. The number of rotatable bonds is 7. The molecule has 1 atom stereocenters. The van der Waals surface area contributed by atoms with Crippen LogP contribution in [0.15, 0.2) is 29.1 Å². The monoisotopic (exact) mass is 248 g/mol. The molecule has 2 heterocycles. The van der Waals surface area contributed by atoms with E-state index in [1.165, 1.54) is 0 Å². The molecule has 2 aromatic rings. The molecule has 98 valence electrons. The molecule has 5 heteroatoms. The summed E-state index contributed by atoms with van der Waals surface area (Å²) in [4.78, 5) is 4.24. The Hall–Kier alpha value is -1.62. The Balaban J connectivity index is 1.73. The van der Waals surface area contributed by atoms with Crippen molar-refractivity contribution in [2.24, 2.45) is 0 Å². The zero-order valence-corrected chi connectivity index (χ0v) is 11.0. The van der Waals surface area contributed by atoms with E-state index in [1.54, 1.807) is 12.6 Å². The normalized spacial score (nSPS) is 12.8. The first-order valence-electron chi connectivity index (χ1n) is 6.42.